The van der Waals surface area contributed by atoms with Gasteiger partial charge >= 0.3 is 0 Å². The molecule has 2 N–H and O–H groups in total. The lowest BCUT2D eigenvalue weighted by Gasteiger charge is -2.04. The zero-order valence-electron chi connectivity index (χ0n) is 10.5. The van der Waals surface area contributed by atoms with Crippen molar-refractivity contribution in [3.63, 3.8) is 0 Å². The van der Waals surface area contributed by atoms with Crippen LogP contribution in [0.5, 0.6) is 0 Å². The second kappa shape index (κ2) is 4.40. The average molecular weight is 243 g/mol. The van der Waals surface area contributed by atoms with E-state index in [4.69, 9.17) is 5.73 Å². The van der Waals surface area contributed by atoms with Crippen molar-refractivity contribution in [1.82, 2.24) is 19.7 Å². The first-order valence-corrected chi connectivity index (χ1v) is 6.45. The van der Waals surface area contributed by atoms with Crippen molar-refractivity contribution in [3.8, 4) is 5.82 Å². The SMILES string of the molecule is CCCc1nc(N)cc(-n2ccc(C3CC3)n2)n1. The van der Waals surface area contributed by atoms with Gasteiger partial charge in [0.1, 0.15) is 11.6 Å². The molecule has 5 nitrogen and oxygen atoms in total. The summed E-state index contributed by atoms with van der Waals surface area (Å²) in [5.41, 5.74) is 6.97. The number of nitrogens with zero attached hydrogens (tertiary/aromatic N) is 4. The quantitative estimate of drug-likeness (QED) is 0.892. The Morgan fingerprint density at radius 3 is 2.94 bits per heavy atom. The van der Waals surface area contributed by atoms with Crippen LogP contribution < -0.4 is 5.73 Å². The van der Waals surface area contributed by atoms with E-state index < -0.39 is 0 Å². The topological polar surface area (TPSA) is 69.6 Å². The third-order valence-electron chi connectivity index (χ3n) is 3.09. The van der Waals surface area contributed by atoms with Crippen molar-refractivity contribution in [1.29, 1.82) is 0 Å². The Morgan fingerprint density at radius 2 is 2.22 bits per heavy atom. The first-order chi connectivity index (χ1) is 8.76. The Morgan fingerprint density at radius 1 is 1.39 bits per heavy atom. The number of aryl methyl sites for hydroxylation is 1. The van der Waals surface area contributed by atoms with Crippen LogP contribution in [-0.4, -0.2) is 19.7 Å². The van der Waals surface area contributed by atoms with E-state index in [0.29, 0.717) is 11.7 Å². The van der Waals surface area contributed by atoms with Gasteiger partial charge in [-0.3, -0.25) is 0 Å². The molecular formula is C13H17N5. The van der Waals surface area contributed by atoms with Gasteiger partial charge in [-0.25, -0.2) is 14.6 Å². The minimum absolute atomic E-state index is 0.506. The van der Waals surface area contributed by atoms with Crippen molar-refractivity contribution in [2.75, 3.05) is 5.73 Å². The van der Waals surface area contributed by atoms with Crippen LogP contribution in [0.3, 0.4) is 0 Å². The first kappa shape index (κ1) is 11.2. The van der Waals surface area contributed by atoms with Crippen LogP contribution in [0.4, 0.5) is 5.82 Å². The molecule has 3 rings (SSSR count). The van der Waals surface area contributed by atoms with Crippen molar-refractivity contribution in [2.24, 2.45) is 0 Å². The van der Waals surface area contributed by atoms with Gasteiger partial charge in [0.15, 0.2) is 5.82 Å². The molecule has 2 aromatic heterocycles. The van der Waals surface area contributed by atoms with Crippen molar-refractivity contribution in [3.05, 3.63) is 29.8 Å². The van der Waals surface area contributed by atoms with Crippen molar-refractivity contribution < 1.29 is 0 Å². The molecule has 1 aliphatic carbocycles. The lowest BCUT2D eigenvalue weighted by Crippen LogP contribution is -2.06. The van der Waals surface area contributed by atoms with Crippen molar-refractivity contribution >= 4 is 5.82 Å². The molecule has 0 atom stereocenters. The van der Waals surface area contributed by atoms with E-state index in [2.05, 4.69) is 28.1 Å². The number of hydrogen-bond acceptors (Lipinski definition) is 4. The molecule has 18 heavy (non-hydrogen) atoms. The van der Waals surface area contributed by atoms with Crippen LogP contribution in [0.2, 0.25) is 0 Å². The molecular weight excluding hydrogens is 226 g/mol. The van der Waals surface area contributed by atoms with Crippen LogP contribution in [0.15, 0.2) is 18.3 Å². The lowest BCUT2D eigenvalue weighted by molar-refractivity contribution is 0.774. The predicted molar refractivity (Wildman–Crippen MR) is 69.5 cm³/mol. The zero-order valence-corrected chi connectivity index (χ0v) is 10.5. The van der Waals surface area contributed by atoms with E-state index in [1.807, 2.05) is 6.20 Å². The summed E-state index contributed by atoms with van der Waals surface area (Å²) in [6, 6.07) is 3.83. The average Bonchev–Trinajstić information content (AvgIpc) is 3.07. The van der Waals surface area contributed by atoms with Crippen LogP contribution in [-0.2, 0) is 6.42 Å². The summed E-state index contributed by atoms with van der Waals surface area (Å²) >= 11 is 0. The second-order valence-corrected chi connectivity index (χ2v) is 4.78. The van der Waals surface area contributed by atoms with Gasteiger partial charge in [-0.15, -0.1) is 0 Å². The summed E-state index contributed by atoms with van der Waals surface area (Å²) in [6.07, 6.45) is 6.31. The van der Waals surface area contributed by atoms with Crippen LogP contribution in [0.1, 0.15) is 43.6 Å². The summed E-state index contributed by atoms with van der Waals surface area (Å²) in [4.78, 5) is 8.72. The minimum Gasteiger partial charge on any atom is -0.384 e. The molecule has 0 unspecified atom stereocenters. The molecule has 5 heteroatoms. The highest BCUT2D eigenvalue weighted by Gasteiger charge is 2.26. The molecule has 0 amide bonds. The molecule has 1 saturated carbocycles. The van der Waals surface area contributed by atoms with Gasteiger partial charge in [-0.2, -0.15) is 5.10 Å². The fraction of sp³-hybridized carbons (Fsp3) is 0.462. The van der Waals surface area contributed by atoms with Crippen LogP contribution in [0.25, 0.3) is 5.82 Å². The highest BCUT2D eigenvalue weighted by molar-refractivity contribution is 5.37. The Bertz CT molecular complexity index is 556. The number of anilines is 1. The van der Waals surface area contributed by atoms with E-state index in [-0.39, 0.29) is 0 Å². The summed E-state index contributed by atoms with van der Waals surface area (Å²) < 4.78 is 1.80. The number of nitrogens with two attached hydrogens (primary N) is 1. The number of nitrogen functional groups attached to an aromatic ring is 1. The van der Waals surface area contributed by atoms with Gasteiger partial charge in [0.25, 0.3) is 0 Å². The molecule has 0 spiro atoms. The maximum atomic E-state index is 5.81. The monoisotopic (exact) mass is 243 g/mol. The largest absolute Gasteiger partial charge is 0.384 e. The summed E-state index contributed by atoms with van der Waals surface area (Å²) in [6.45, 7) is 2.10. The Kier molecular flexibility index (Phi) is 2.74. The van der Waals surface area contributed by atoms with Crippen molar-refractivity contribution in [2.45, 2.75) is 38.5 Å². The number of rotatable bonds is 4. The molecule has 0 radical (unpaired) electrons. The number of hydrogen-bond donors (Lipinski definition) is 1. The van der Waals surface area contributed by atoms with E-state index in [9.17, 15) is 0 Å². The molecule has 0 saturated heterocycles. The molecule has 2 aromatic rings. The fourth-order valence-corrected chi connectivity index (χ4v) is 2.02. The third-order valence-corrected chi connectivity index (χ3v) is 3.09. The maximum Gasteiger partial charge on any atom is 0.159 e. The molecule has 0 bridgehead atoms. The maximum absolute atomic E-state index is 5.81. The lowest BCUT2D eigenvalue weighted by atomic mass is 10.3. The van der Waals surface area contributed by atoms with Gasteiger partial charge in [0.05, 0.1) is 5.69 Å². The van der Waals surface area contributed by atoms with Gasteiger partial charge in [0, 0.05) is 24.6 Å². The van der Waals surface area contributed by atoms with Gasteiger partial charge < -0.3 is 5.73 Å². The zero-order chi connectivity index (χ0) is 12.5. The predicted octanol–water partition coefficient (Wildman–Crippen LogP) is 2.07. The third kappa shape index (κ3) is 2.20. The van der Waals surface area contributed by atoms with Gasteiger partial charge in [0.2, 0.25) is 0 Å². The van der Waals surface area contributed by atoms with E-state index >= 15 is 0 Å². The van der Waals surface area contributed by atoms with E-state index in [1.54, 1.807) is 10.7 Å². The number of aromatic nitrogens is 4. The van der Waals surface area contributed by atoms with Crippen LogP contribution >= 0.6 is 0 Å². The summed E-state index contributed by atoms with van der Waals surface area (Å²) in [5.74, 6) is 2.71. The standard InChI is InChI=1S/C13H17N5/c1-2-3-12-15-11(14)8-13(16-12)18-7-6-10(17-18)9-4-5-9/h6-9H,2-5H2,1H3,(H2,14,15,16). The summed E-state index contributed by atoms with van der Waals surface area (Å²) in [7, 11) is 0. The van der Waals surface area contributed by atoms with Gasteiger partial charge in [-0.05, 0) is 25.3 Å². The summed E-state index contributed by atoms with van der Waals surface area (Å²) in [5, 5.41) is 4.56. The Balaban J connectivity index is 1.93. The molecule has 0 aliphatic heterocycles. The minimum atomic E-state index is 0.506. The smallest absolute Gasteiger partial charge is 0.159 e. The van der Waals surface area contributed by atoms with Gasteiger partial charge in [-0.1, -0.05) is 6.92 Å². The molecule has 1 aliphatic rings. The van der Waals surface area contributed by atoms with E-state index in [1.165, 1.54) is 12.8 Å². The molecule has 1 fully saturated rings. The first-order valence-electron chi connectivity index (χ1n) is 6.45. The molecule has 0 aromatic carbocycles. The Hall–Kier alpha value is -1.91. The normalized spacial score (nSPS) is 14.9. The second-order valence-electron chi connectivity index (χ2n) is 4.78. The molecule has 94 valence electrons. The molecule has 2 heterocycles. The van der Waals surface area contributed by atoms with E-state index in [0.717, 1.165) is 30.2 Å². The Labute approximate surface area is 106 Å². The van der Waals surface area contributed by atoms with Crippen LogP contribution in [0, 0.1) is 0 Å². The fourth-order valence-electron chi connectivity index (χ4n) is 2.02. The highest BCUT2D eigenvalue weighted by atomic mass is 15.3. The highest BCUT2D eigenvalue weighted by Crippen LogP contribution is 2.38.